The van der Waals surface area contributed by atoms with Crippen molar-refractivity contribution in [3.05, 3.63) is 56.2 Å². The molecule has 0 unspecified atom stereocenters. The molecule has 3 nitrogen and oxygen atoms in total. The highest BCUT2D eigenvalue weighted by molar-refractivity contribution is 9.10. The van der Waals surface area contributed by atoms with Gasteiger partial charge in [-0.3, -0.25) is 4.79 Å². The Hall–Kier alpha value is -1.40. The van der Waals surface area contributed by atoms with Crippen LogP contribution in [0, 0.1) is 5.82 Å². The van der Waals surface area contributed by atoms with Crippen LogP contribution in [-0.4, -0.2) is 20.0 Å². The largest absolute Gasteiger partial charge is 0.497 e. The van der Waals surface area contributed by atoms with E-state index in [4.69, 9.17) is 9.47 Å². The number of methoxy groups -OCH3 is 2. The van der Waals surface area contributed by atoms with Gasteiger partial charge < -0.3 is 9.47 Å². The van der Waals surface area contributed by atoms with Gasteiger partial charge in [0.25, 0.3) is 0 Å². The van der Waals surface area contributed by atoms with E-state index in [1.165, 1.54) is 26.4 Å². The molecule has 0 saturated carbocycles. The quantitative estimate of drug-likeness (QED) is 0.682. The molecule has 0 heterocycles. The fourth-order valence-electron chi connectivity index (χ4n) is 1.89. The summed E-state index contributed by atoms with van der Waals surface area (Å²) < 4.78 is 24.8. The van der Waals surface area contributed by atoms with Gasteiger partial charge >= 0.3 is 0 Å². The van der Waals surface area contributed by atoms with Crippen LogP contribution >= 0.6 is 31.9 Å². The third-order valence-corrected chi connectivity index (χ3v) is 3.92. The highest BCUT2D eigenvalue weighted by Crippen LogP contribution is 2.34. The van der Waals surface area contributed by atoms with Gasteiger partial charge in [-0.25, -0.2) is 4.39 Å². The van der Waals surface area contributed by atoms with Crippen LogP contribution in [0.2, 0.25) is 0 Å². The molecular weight excluding hydrogens is 407 g/mol. The molecule has 0 aliphatic rings. The second kappa shape index (κ2) is 6.58. The SMILES string of the molecule is COc1cc(Br)c(C(=O)c2cc(F)cc(Br)c2)c(OC)c1. The Balaban J connectivity index is 2.57. The number of ketones is 1. The van der Waals surface area contributed by atoms with E-state index in [9.17, 15) is 9.18 Å². The molecule has 2 aromatic rings. The number of ether oxygens (including phenoxy) is 2. The highest BCUT2D eigenvalue weighted by atomic mass is 79.9. The van der Waals surface area contributed by atoms with Crippen LogP contribution in [0.4, 0.5) is 4.39 Å². The first-order valence-electron chi connectivity index (χ1n) is 5.88. The van der Waals surface area contributed by atoms with Crippen molar-refractivity contribution in [1.82, 2.24) is 0 Å². The lowest BCUT2D eigenvalue weighted by Crippen LogP contribution is -2.06. The Kier molecular flexibility index (Phi) is 5.00. The molecule has 0 aromatic heterocycles. The van der Waals surface area contributed by atoms with Crippen molar-refractivity contribution >= 4 is 37.6 Å². The number of carbonyl (C=O) groups is 1. The predicted octanol–water partition coefficient (Wildman–Crippen LogP) is 4.60. The molecule has 0 saturated heterocycles. The molecule has 0 radical (unpaired) electrons. The lowest BCUT2D eigenvalue weighted by atomic mass is 10.0. The Morgan fingerprint density at radius 2 is 1.76 bits per heavy atom. The lowest BCUT2D eigenvalue weighted by molar-refractivity contribution is 0.103. The van der Waals surface area contributed by atoms with Crippen LogP contribution in [0.15, 0.2) is 39.3 Å². The second-order valence-electron chi connectivity index (χ2n) is 4.17. The van der Waals surface area contributed by atoms with Crippen LogP contribution in [0.1, 0.15) is 15.9 Å². The average molecular weight is 418 g/mol. The third kappa shape index (κ3) is 3.44. The Morgan fingerprint density at radius 3 is 2.33 bits per heavy atom. The van der Waals surface area contributed by atoms with Crippen molar-refractivity contribution in [2.75, 3.05) is 14.2 Å². The highest BCUT2D eigenvalue weighted by Gasteiger charge is 2.20. The van der Waals surface area contributed by atoms with Gasteiger partial charge in [0.2, 0.25) is 0 Å². The van der Waals surface area contributed by atoms with E-state index in [0.717, 1.165) is 0 Å². The van der Waals surface area contributed by atoms with Gasteiger partial charge in [0, 0.05) is 20.6 Å². The molecule has 21 heavy (non-hydrogen) atoms. The summed E-state index contributed by atoms with van der Waals surface area (Å²) >= 11 is 6.50. The maximum absolute atomic E-state index is 13.5. The van der Waals surface area contributed by atoms with E-state index in [0.29, 0.717) is 26.0 Å². The van der Waals surface area contributed by atoms with Crippen molar-refractivity contribution in [3.63, 3.8) is 0 Å². The summed E-state index contributed by atoms with van der Waals surface area (Å²) in [5.74, 6) is 0.0696. The first kappa shape index (κ1) is 16.0. The molecule has 0 bridgehead atoms. The Morgan fingerprint density at radius 1 is 1.05 bits per heavy atom. The summed E-state index contributed by atoms with van der Waals surface area (Å²) in [5, 5.41) is 0. The van der Waals surface area contributed by atoms with Gasteiger partial charge in [-0.05, 0) is 40.2 Å². The third-order valence-electron chi connectivity index (χ3n) is 2.83. The van der Waals surface area contributed by atoms with Gasteiger partial charge in [0.05, 0.1) is 19.8 Å². The monoisotopic (exact) mass is 416 g/mol. The first-order chi connectivity index (χ1) is 9.96. The number of carbonyl (C=O) groups excluding carboxylic acids is 1. The van der Waals surface area contributed by atoms with Crippen LogP contribution in [0.25, 0.3) is 0 Å². The molecule has 2 aromatic carbocycles. The van der Waals surface area contributed by atoms with E-state index in [2.05, 4.69) is 31.9 Å². The predicted molar refractivity (Wildman–Crippen MR) is 84.8 cm³/mol. The number of rotatable bonds is 4. The summed E-state index contributed by atoms with van der Waals surface area (Å²) in [6.07, 6.45) is 0. The normalized spacial score (nSPS) is 10.3. The average Bonchev–Trinajstić information content (AvgIpc) is 2.44. The molecule has 0 spiro atoms. The summed E-state index contributed by atoms with van der Waals surface area (Å²) in [4.78, 5) is 12.6. The molecule has 0 aliphatic heterocycles. The van der Waals surface area contributed by atoms with Crippen molar-refractivity contribution in [2.24, 2.45) is 0 Å². The topological polar surface area (TPSA) is 35.5 Å². The molecule has 0 fully saturated rings. The van der Waals surface area contributed by atoms with Gasteiger partial charge in [0.1, 0.15) is 17.3 Å². The maximum atomic E-state index is 13.5. The zero-order valence-corrected chi connectivity index (χ0v) is 14.4. The van der Waals surface area contributed by atoms with Crippen molar-refractivity contribution in [1.29, 1.82) is 0 Å². The number of benzene rings is 2. The first-order valence-corrected chi connectivity index (χ1v) is 7.47. The standard InChI is InChI=1S/C15H11Br2FO3/c1-20-11-6-12(17)14(13(7-11)21-2)15(19)8-3-9(16)5-10(18)4-8/h3-7H,1-2H3. The second-order valence-corrected chi connectivity index (χ2v) is 5.94. The van der Waals surface area contributed by atoms with Gasteiger partial charge in [-0.1, -0.05) is 15.9 Å². The van der Waals surface area contributed by atoms with E-state index in [-0.39, 0.29) is 11.3 Å². The minimum Gasteiger partial charge on any atom is -0.497 e. The molecule has 2 rings (SSSR count). The maximum Gasteiger partial charge on any atom is 0.198 e. The molecule has 0 N–H and O–H groups in total. The summed E-state index contributed by atoms with van der Waals surface area (Å²) in [5.41, 5.74) is 0.543. The van der Waals surface area contributed by atoms with Crippen LogP contribution < -0.4 is 9.47 Å². The van der Waals surface area contributed by atoms with Gasteiger partial charge in [-0.15, -0.1) is 0 Å². The van der Waals surface area contributed by atoms with Crippen molar-refractivity contribution in [2.45, 2.75) is 0 Å². The van der Waals surface area contributed by atoms with E-state index >= 15 is 0 Å². The molecule has 110 valence electrons. The van der Waals surface area contributed by atoms with Crippen LogP contribution in [-0.2, 0) is 0 Å². The molecule has 6 heteroatoms. The molecule has 0 amide bonds. The summed E-state index contributed by atoms with van der Waals surface area (Å²) in [6.45, 7) is 0. The fraction of sp³-hybridized carbons (Fsp3) is 0.133. The minimum absolute atomic E-state index is 0.228. The molecular formula is C15H11Br2FO3. The summed E-state index contributed by atoms with van der Waals surface area (Å²) in [6, 6.07) is 7.29. The minimum atomic E-state index is -0.490. The van der Waals surface area contributed by atoms with Gasteiger partial charge in [0.15, 0.2) is 5.78 Å². The van der Waals surface area contributed by atoms with E-state index in [1.54, 1.807) is 18.2 Å². The van der Waals surface area contributed by atoms with Crippen LogP contribution in [0.3, 0.4) is 0 Å². The number of hydrogen-bond acceptors (Lipinski definition) is 3. The zero-order chi connectivity index (χ0) is 15.6. The zero-order valence-electron chi connectivity index (χ0n) is 11.2. The van der Waals surface area contributed by atoms with Gasteiger partial charge in [-0.2, -0.15) is 0 Å². The summed E-state index contributed by atoms with van der Waals surface area (Å²) in [7, 11) is 2.98. The van der Waals surface area contributed by atoms with Crippen molar-refractivity contribution < 1.29 is 18.7 Å². The fourth-order valence-corrected chi connectivity index (χ4v) is 2.95. The Labute approximate surface area is 138 Å². The smallest absolute Gasteiger partial charge is 0.198 e. The number of halogens is 3. The van der Waals surface area contributed by atoms with Crippen molar-refractivity contribution in [3.8, 4) is 11.5 Å². The number of hydrogen-bond donors (Lipinski definition) is 0. The van der Waals surface area contributed by atoms with E-state index in [1.807, 2.05) is 0 Å². The Bertz CT molecular complexity index is 681. The van der Waals surface area contributed by atoms with Crippen LogP contribution in [0.5, 0.6) is 11.5 Å². The molecule has 0 aliphatic carbocycles. The molecule has 0 atom stereocenters. The lowest BCUT2D eigenvalue weighted by Gasteiger charge is -2.12. The van der Waals surface area contributed by atoms with E-state index < -0.39 is 5.82 Å².